The van der Waals surface area contributed by atoms with Gasteiger partial charge < -0.3 is 18.8 Å². The molecule has 0 aromatic carbocycles. The maximum Gasteiger partial charge on any atom is 0.468 e. The number of rotatable bonds is 9. The Morgan fingerprint density at radius 3 is 1.86 bits per heavy atom. The first-order chi connectivity index (χ1) is 12.3. The van der Waals surface area contributed by atoms with Gasteiger partial charge in [-0.3, -0.25) is 0 Å². The van der Waals surface area contributed by atoms with Crippen molar-refractivity contribution in [3.05, 3.63) is 12.4 Å². The van der Waals surface area contributed by atoms with Crippen LogP contribution in [0.25, 0.3) is 0 Å². The molecule has 17 heteroatoms. The zero-order valence-electron chi connectivity index (χ0n) is 13.3. The van der Waals surface area contributed by atoms with E-state index in [1.54, 1.807) is 0 Å². The first-order valence-electron chi connectivity index (χ1n) is 6.34. The van der Waals surface area contributed by atoms with E-state index in [1.165, 1.54) is 0 Å². The van der Waals surface area contributed by atoms with Gasteiger partial charge in [0.1, 0.15) is 0 Å². The standard InChI is InChI=1S/C11H10F8O8S/c1-5(12)6(20)27-9(7(21)25-2,10(15,16)17)26-4-3-8(13,14)11(18,19)28(22,23)24/h1,3-4H2,2H3,(H,22,23,24)/p-1. The summed E-state index contributed by atoms with van der Waals surface area (Å²) in [6, 6.07) is 0. The summed E-state index contributed by atoms with van der Waals surface area (Å²) in [5, 5.41) is -6.26. The smallest absolute Gasteiger partial charge is 0.468 e. The molecule has 0 aliphatic rings. The number of esters is 2. The number of carbonyl (C=O) groups excluding carboxylic acids is 2. The van der Waals surface area contributed by atoms with Gasteiger partial charge in [-0.05, 0) is 0 Å². The Labute approximate surface area is 150 Å². The van der Waals surface area contributed by atoms with Crippen molar-refractivity contribution < 1.29 is 71.9 Å². The van der Waals surface area contributed by atoms with Crippen LogP contribution in [0, 0.1) is 0 Å². The fraction of sp³-hybridized carbons (Fsp3) is 0.636. The quantitative estimate of drug-likeness (QED) is 0.170. The van der Waals surface area contributed by atoms with Crippen LogP contribution >= 0.6 is 0 Å². The largest absolute Gasteiger partial charge is 0.743 e. The van der Waals surface area contributed by atoms with Crippen molar-refractivity contribution in [2.75, 3.05) is 13.7 Å². The summed E-state index contributed by atoms with van der Waals surface area (Å²) < 4.78 is 146. The zero-order valence-corrected chi connectivity index (χ0v) is 14.1. The molecule has 164 valence electrons. The van der Waals surface area contributed by atoms with E-state index >= 15 is 0 Å². The molecule has 0 fully saturated rings. The van der Waals surface area contributed by atoms with Gasteiger partial charge in [-0.25, -0.2) is 18.0 Å². The van der Waals surface area contributed by atoms with Crippen molar-refractivity contribution in [2.24, 2.45) is 0 Å². The molecule has 0 aromatic heterocycles. The Bertz CT molecular complexity index is 731. The average Bonchev–Trinajstić information content (AvgIpc) is 2.50. The second-order valence-corrected chi connectivity index (χ2v) is 6.10. The fourth-order valence-corrected chi connectivity index (χ4v) is 1.82. The minimum atomic E-state index is -6.95. The Balaban J connectivity index is 5.85. The molecular weight excluding hydrogens is 444 g/mol. The Morgan fingerprint density at radius 2 is 1.54 bits per heavy atom. The molecule has 8 nitrogen and oxygen atoms in total. The third kappa shape index (κ3) is 5.07. The van der Waals surface area contributed by atoms with Gasteiger partial charge in [-0.1, -0.05) is 6.58 Å². The molecule has 0 radical (unpaired) electrons. The average molecular weight is 453 g/mol. The van der Waals surface area contributed by atoms with Crippen LogP contribution in [-0.2, 0) is 33.9 Å². The van der Waals surface area contributed by atoms with Crippen LogP contribution in [0.2, 0.25) is 0 Å². The third-order valence-corrected chi connectivity index (χ3v) is 3.67. The molecule has 0 heterocycles. The van der Waals surface area contributed by atoms with E-state index < -0.39 is 64.1 Å². The van der Waals surface area contributed by atoms with Crippen LogP contribution < -0.4 is 0 Å². The molecule has 0 bridgehead atoms. The minimum Gasteiger partial charge on any atom is -0.743 e. The second kappa shape index (κ2) is 8.16. The summed E-state index contributed by atoms with van der Waals surface area (Å²) in [4.78, 5) is 22.4. The predicted octanol–water partition coefficient (Wildman–Crippen LogP) is 1.62. The maximum atomic E-state index is 13.3. The summed E-state index contributed by atoms with van der Waals surface area (Å²) in [6.07, 6.45) is -8.70. The lowest BCUT2D eigenvalue weighted by molar-refractivity contribution is -0.356. The Morgan fingerprint density at radius 1 is 1.07 bits per heavy atom. The van der Waals surface area contributed by atoms with E-state index in [9.17, 15) is 57.7 Å². The number of carbonyl (C=O) groups is 2. The van der Waals surface area contributed by atoms with Gasteiger partial charge in [0.05, 0.1) is 13.7 Å². The van der Waals surface area contributed by atoms with Gasteiger partial charge in [-0.2, -0.15) is 35.1 Å². The van der Waals surface area contributed by atoms with Crippen LogP contribution in [0.4, 0.5) is 35.1 Å². The second-order valence-electron chi connectivity index (χ2n) is 4.67. The van der Waals surface area contributed by atoms with E-state index in [0.29, 0.717) is 0 Å². The van der Waals surface area contributed by atoms with Crippen LogP contribution in [0.15, 0.2) is 12.4 Å². The van der Waals surface area contributed by atoms with Crippen molar-refractivity contribution in [2.45, 2.75) is 29.6 Å². The molecule has 0 saturated carbocycles. The van der Waals surface area contributed by atoms with Crippen molar-refractivity contribution in [1.82, 2.24) is 0 Å². The maximum absolute atomic E-state index is 13.3. The lowest BCUT2D eigenvalue weighted by atomic mass is 10.2. The van der Waals surface area contributed by atoms with Crippen LogP contribution in [0.3, 0.4) is 0 Å². The Kier molecular flexibility index (Phi) is 7.57. The highest BCUT2D eigenvalue weighted by atomic mass is 32.2. The SMILES string of the molecule is C=C(F)C(=O)OC(OCCC(F)(F)C(F)(F)S(=O)(=O)[O-])(C(=O)OC)C(F)(F)F. The van der Waals surface area contributed by atoms with E-state index in [0.717, 1.165) is 0 Å². The summed E-state index contributed by atoms with van der Waals surface area (Å²) in [7, 11) is -6.68. The van der Waals surface area contributed by atoms with Crippen molar-refractivity contribution in [1.29, 1.82) is 0 Å². The first kappa shape index (κ1) is 26.0. The molecule has 1 atom stereocenters. The number of alkyl halides is 7. The van der Waals surface area contributed by atoms with Crippen molar-refractivity contribution >= 4 is 22.1 Å². The lowest BCUT2D eigenvalue weighted by Gasteiger charge is -2.33. The lowest BCUT2D eigenvalue weighted by Crippen LogP contribution is -2.58. The molecule has 0 aliphatic heterocycles. The van der Waals surface area contributed by atoms with Gasteiger partial charge in [0, 0.05) is 6.42 Å². The van der Waals surface area contributed by atoms with Gasteiger partial charge in [0.15, 0.2) is 10.1 Å². The zero-order chi connectivity index (χ0) is 22.8. The minimum absolute atomic E-state index is 0.275. The molecule has 28 heavy (non-hydrogen) atoms. The van der Waals surface area contributed by atoms with Crippen molar-refractivity contribution in [3.63, 3.8) is 0 Å². The molecule has 0 aromatic rings. The summed E-state index contributed by atoms with van der Waals surface area (Å²) in [5.41, 5.74) is 0. The number of hydrogen-bond donors (Lipinski definition) is 0. The summed E-state index contributed by atoms with van der Waals surface area (Å²) in [6.45, 7) is 0.0112. The highest BCUT2D eigenvalue weighted by molar-refractivity contribution is 7.86. The topological polar surface area (TPSA) is 119 Å². The summed E-state index contributed by atoms with van der Waals surface area (Å²) in [5.74, 6) is -18.1. The molecule has 0 N–H and O–H groups in total. The van der Waals surface area contributed by atoms with Gasteiger partial charge >= 0.3 is 35.1 Å². The molecule has 0 amide bonds. The summed E-state index contributed by atoms with van der Waals surface area (Å²) >= 11 is 0. The van der Waals surface area contributed by atoms with Gasteiger partial charge in [0.25, 0.3) is 0 Å². The van der Waals surface area contributed by atoms with Crippen molar-refractivity contribution in [3.8, 4) is 0 Å². The third-order valence-electron chi connectivity index (χ3n) is 2.75. The van der Waals surface area contributed by atoms with Crippen LogP contribution in [0.1, 0.15) is 6.42 Å². The highest BCUT2D eigenvalue weighted by Crippen LogP contribution is 2.42. The molecule has 0 spiro atoms. The number of halogens is 8. The number of hydrogen-bond acceptors (Lipinski definition) is 8. The first-order valence-corrected chi connectivity index (χ1v) is 7.75. The van der Waals surface area contributed by atoms with E-state index in [2.05, 4.69) is 20.8 Å². The van der Waals surface area contributed by atoms with E-state index in [4.69, 9.17) is 0 Å². The molecule has 0 saturated heterocycles. The molecule has 1 unspecified atom stereocenters. The normalized spacial score (nSPS) is 15.5. The fourth-order valence-electron chi connectivity index (χ4n) is 1.36. The highest BCUT2D eigenvalue weighted by Gasteiger charge is 2.68. The van der Waals surface area contributed by atoms with Gasteiger partial charge in [-0.15, -0.1) is 0 Å². The van der Waals surface area contributed by atoms with Crippen LogP contribution in [0.5, 0.6) is 0 Å². The number of ether oxygens (including phenoxy) is 3. The number of methoxy groups -OCH3 is 1. The Hall–Kier alpha value is -2.01. The van der Waals surface area contributed by atoms with E-state index in [1.807, 2.05) is 0 Å². The molecular formula is C11H9F8O8S-. The van der Waals surface area contributed by atoms with E-state index in [-0.39, 0.29) is 7.11 Å². The molecule has 0 rings (SSSR count). The van der Waals surface area contributed by atoms with Gasteiger partial charge in [0.2, 0.25) is 5.83 Å². The predicted molar refractivity (Wildman–Crippen MR) is 67.3 cm³/mol. The monoisotopic (exact) mass is 453 g/mol. The molecule has 0 aliphatic carbocycles. The van der Waals surface area contributed by atoms with Crippen LogP contribution in [-0.4, -0.2) is 61.8 Å².